The van der Waals surface area contributed by atoms with Crippen LogP contribution in [0.25, 0.3) is 0 Å². The molecular weight excluding hydrogens is 216 g/mol. The molecule has 17 heavy (non-hydrogen) atoms. The third-order valence-corrected chi connectivity index (χ3v) is 3.65. The van der Waals surface area contributed by atoms with Gasteiger partial charge in [0.25, 0.3) is 0 Å². The smallest absolute Gasteiger partial charge is 0.233 e. The van der Waals surface area contributed by atoms with Crippen molar-refractivity contribution < 1.29 is 4.79 Å². The predicted molar refractivity (Wildman–Crippen MR) is 66.8 cm³/mol. The summed E-state index contributed by atoms with van der Waals surface area (Å²) in [6, 6.07) is 1.89. The quantitative estimate of drug-likeness (QED) is 0.825. The number of hydrogen-bond acceptors (Lipinski definition) is 3. The highest BCUT2D eigenvalue weighted by molar-refractivity contribution is 5.95. The number of nitrogens with zero attached hydrogens (tertiary/aromatic N) is 2. The van der Waals surface area contributed by atoms with Gasteiger partial charge in [-0.25, -0.2) is 0 Å². The molecule has 0 aliphatic carbocycles. The van der Waals surface area contributed by atoms with Crippen molar-refractivity contribution >= 4 is 11.7 Å². The summed E-state index contributed by atoms with van der Waals surface area (Å²) in [6.07, 6.45) is 1.77. The van der Waals surface area contributed by atoms with E-state index in [0.29, 0.717) is 0 Å². The zero-order valence-electron chi connectivity index (χ0n) is 10.7. The maximum atomic E-state index is 12.3. The van der Waals surface area contributed by atoms with Gasteiger partial charge in [0.05, 0.1) is 11.1 Å². The van der Waals surface area contributed by atoms with Crippen molar-refractivity contribution in [1.82, 2.24) is 15.1 Å². The van der Waals surface area contributed by atoms with Crippen LogP contribution in [0.1, 0.15) is 25.5 Å². The molecule has 0 aromatic carbocycles. The van der Waals surface area contributed by atoms with Crippen molar-refractivity contribution in [3.63, 3.8) is 0 Å². The van der Waals surface area contributed by atoms with Crippen molar-refractivity contribution in [2.45, 2.75) is 26.7 Å². The maximum absolute atomic E-state index is 12.3. The Morgan fingerprint density at radius 3 is 2.94 bits per heavy atom. The number of hydrogen-bond donors (Lipinski definition) is 2. The van der Waals surface area contributed by atoms with Gasteiger partial charge in [0.15, 0.2) is 0 Å². The van der Waals surface area contributed by atoms with Gasteiger partial charge < -0.3 is 10.6 Å². The summed E-state index contributed by atoms with van der Waals surface area (Å²) < 4.78 is 1.71. The second kappa shape index (κ2) is 4.49. The number of aromatic nitrogens is 2. The lowest BCUT2D eigenvalue weighted by atomic mass is 9.83. The third-order valence-electron chi connectivity index (χ3n) is 3.65. The molecule has 0 saturated carbocycles. The molecule has 1 aromatic rings. The fraction of sp³-hybridized carbons (Fsp3) is 0.667. The Morgan fingerprint density at radius 2 is 2.47 bits per heavy atom. The lowest BCUT2D eigenvalue weighted by molar-refractivity contribution is -0.124. The topological polar surface area (TPSA) is 59.0 Å². The van der Waals surface area contributed by atoms with Crippen molar-refractivity contribution in [2.24, 2.45) is 12.5 Å². The zero-order chi connectivity index (χ0) is 12.5. The summed E-state index contributed by atoms with van der Waals surface area (Å²) in [5, 5.41) is 10.5. The molecule has 0 radical (unpaired) electrons. The normalized spacial score (nSPS) is 23.9. The monoisotopic (exact) mass is 236 g/mol. The Labute approximate surface area is 102 Å². The van der Waals surface area contributed by atoms with E-state index in [9.17, 15) is 4.79 Å². The van der Waals surface area contributed by atoms with Gasteiger partial charge in [-0.05, 0) is 26.3 Å². The minimum absolute atomic E-state index is 0.105. The molecule has 5 nitrogen and oxygen atoms in total. The lowest BCUT2D eigenvalue weighted by Gasteiger charge is -2.25. The second-order valence-corrected chi connectivity index (χ2v) is 4.81. The Hall–Kier alpha value is -1.36. The Kier molecular flexibility index (Phi) is 3.19. The number of amides is 1. The lowest BCUT2D eigenvalue weighted by Crippen LogP contribution is -2.38. The van der Waals surface area contributed by atoms with Crippen molar-refractivity contribution in [1.29, 1.82) is 0 Å². The first-order chi connectivity index (χ1) is 8.07. The van der Waals surface area contributed by atoms with Crippen LogP contribution in [-0.4, -0.2) is 28.8 Å². The first kappa shape index (κ1) is 12.1. The molecule has 1 saturated heterocycles. The molecule has 1 aliphatic heterocycles. The summed E-state index contributed by atoms with van der Waals surface area (Å²) in [6.45, 7) is 5.68. The maximum Gasteiger partial charge on any atom is 0.233 e. The highest BCUT2D eigenvalue weighted by atomic mass is 16.2. The van der Waals surface area contributed by atoms with Gasteiger partial charge >= 0.3 is 0 Å². The minimum Gasteiger partial charge on any atom is -0.316 e. The number of rotatable bonds is 3. The Bertz CT molecular complexity index is 418. The van der Waals surface area contributed by atoms with Crippen LogP contribution in [0.3, 0.4) is 0 Å². The van der Waals surface area contributed by atoms with Crippen LogP contribution in [0.5, 0.6) is 0 Å². The molecule has 0 bridgehead atoms. The van der Waals surface area contributed by atoms with Crippen molar-refractivity contribution in [3.05, 3.63) is 11.8 Å². The number of carbonyl (C=O) groups excluding carboxylic acids is 1. The third kappa shape index (κ3) is 2.20. The molecule has 1 aliphatic rings. The molecule has 1 unspecified atom stereocenters. The summed E-state index contributed by atoms with van der Waals surface area (Å²) >= 11 is 0. The standard InChI is InChI=1S/C12H20N4O/c1-4-12(5-6-13-8-12)11(17)14-10-7-9(2)15-16(10)3/h7,13H,4-6,8H2,1-3H3,(H,14,17). The van der Waals surface area contributed by atoms with Crippen LogP contribution in [0.15, 0.2) is 6.07 Å². The van der Waals surface area contributed by atoms with Crippen LogP contribution in [0.2, 0.25) is 0 Å². The van der Waals surface area contributed by atoms with E-state index in [-0.39, 0.29) is 11.3 Å². The number of nitrogens with one attached hydrogen (secondary N) is 2. The van der Waals surface area contributed by atoms with Crippen LogP contribution in [-0.2, 0) is 11.8 Å². The fourth-order valence-corrected chi connectivity index (χ4v) is 2.38. The van der Waals surface area contributed by atoms with Crippen LogP contribution in [0.4, 0.5) is 5.82 Å². The van der Waals surface area contributed by atoms with E-state index in [1.165, 1.54) is 0 Å². The summed E-state index contributed by atoms with van der Waals surface area (Å²) in [5.41, 5.74) is 0.663. The first-order valence-electron chi connectivity index (χ1n) is 6.10. The van der Waals surface area contributed by atoms with E-state index in [2.05, 4.69) is 22.7 Å². The van der Waals surface area contributed by atoms with E-state index < -0.39 is 0 Å². The van der Waals surface area contributed by atoms with Gasteiger partial charge in [-0.3, -0.25) is 9.48 Å². The number of aryl methyl sites for hydroxylation is 2. The molecule has 2 N–H and O–H groups in total. The molecule has 1 amide bonds. The van der Waals surface area contributed by atoms with E-state index >= 15 is 0 Å². The molecule has 1 fully saturated rings. The van der Waals surface area contributed by atoms with Gasteiger partial charge in [-0.2, -0.15) is 5.10 Å². The predicted octanol–water partition coefficient (Wildman–Crippen LogP) is 1.06. The van der Waals surface area contributed by atoms with Crippen LogP contribution in [0, 0.1) is 12.3 Å². The van der Waals surface area contributed by atoms with Gasteiger partial charge in [-0.1, -0.05) is 6.92 Å². The molecule has 1 aromatic heterocycles. The summed E-state index contributed by atoms with van der Waals surface area (Å²) in [5.74, 6) is 0.875. The van der Waals surface area contributed by atoms with E-state index in [1.807, 2.05) is 20.0 Å². The molecule has 1 atom stereocenters. The highest BCUT2D eigenvalue weighted by Gasteiger charge is 2.39. The second-order valence-electron chi connectivity index (χ2n) is 4.81. The molecular formula is C12H20N4O. The zero-order valence-corrected chi connectivity index (χ0v) is 10.7. The molecule has 94 valence electrons. The number of carbonyl (C=O) groups is 1. The summed E-state index contributed by atoms with van der Waals surface area (Å²) in [7, 11) is 1.84. The first-order valence-corrected chi connectivity index (χ1v) is 6.10. The average Bonchev–Trinajstić information content (AvgIpc) is 2.87. The van der Waals surface area contributed by atoms with Gasteiger partial charge in [0.2, 0.25) is 5.91 Å². The Morgan fingerprint density at radius 1 is 1.71 bits per heavy atom. The van der Waals surface area contributed by atoms with E-state index in [0.717, 1.165) is 37.4 Å². The fourth-order valence-electron chi connectivity index (χ4n) is 2.38. The molecule has 2 heterocycles. The highest BCUT2D eigenvalue weighted by Crippen LogP contribution is 2.30. The van der Waals surface area contributed by atoms with Gasteiger partial charge in [0, 0.05) is 19.7 Å². The SMILES string of the molecule is CCC1(C(=O)Nc2cc(C)nn2C)CCNC1. The van der Waals surface area contributed by atoms with Crippen molar-refractivity contribution in [2.75, 3.05) is 18.4 Å². The molecule has 5 heteroatoms. The van der Waals surface area contributed by atoms with E-state index in [4.69, 9.17) is 0 Å². The van der Waals surface area contributed by atoms with Gasteiger partial charge in [0.1, 0.15) is 5.82 Å². The van der Waals surface area contributed by atoms with Crippen molar-refractivity contribution in [3.8, 4) is 0 Å². The minimum atomic E-state index is -0.252. The Balaban J connectivity index is 2.13. The molecule has 0 spiro atoms. The largest absolute Gasteiger partial charge is 0.316 e. The number of anilines is 1. The summed E-state index contributed by atoms with van der Waals surface area (Å²) in [4.78, 5) is 12.3. The van der Waals surface area contributed by atoms with Crippen LogP contribution < -0.4 is 10.6 Å². The average molecular weight is 236 g/mol. The van der Waals surface area contributed by atoms with Crippen LogP contribution >= 0.6 is 0 Å². The molecule has 2 rings (SSSR count). The van der Waals surface area contributed by atoms with Gasteiger partial charge in [-0.15, -0.1) is 0 Å². The van der Waals surface area contributed by atoms with E-state index in [1.54, 1.807) is 4.68 Å².